The molecule has 0 saturated carbocycles. The fourth-order valence-electron chi connectivity index (χ4n) is 2.48. The summed E-state index contributed by atoms with van der Waals surface area (Å²) in [7, 11) is 0. The summed E-state index contributed by atoms with van der Waals surface area (Å²) < 4.78 is 0. The first-order chi connectivity index (χ1) is 15.2. The van der Waals surface area contributed by atoms with E-state index in [0.717, 1.165) is 18.3 Å². The lowest BCUT2D eigenvalue weighted by atomic mass is 10.2. The number of amides is 2. The molecule has 0 atom stereocenters. The summed E-state index contributed by atoms with van der Waals surface area (Å²) in [5.74, 6) is -1.25. The highest BCUT2D eigenvalue weighted by Gasteiger charge is 2.16. The van der Waals surface area contributed by atoms with Gasteiger partial charge in [0.05, 0.1) is 36.8 Å². The Balaban J connectivity index is 1.69. The Hall–Kier alpha value is -4.09. The molecular weight excluding hydrogens is 465 g/mol. The van der Waals surface area contributed by atoms with Crippen LogP contribution in [0.1, 0.15) is 20.8 Å². The monoisotopic (exact) mass is 475 g/mol. The quantitative estimate of drug-likeness (QED) is 0.385. The number of aromatic nitrogens is 1. The predicted molar refractivity (Wildman–Crippen MR) is 116 cm³/mol. The van der Waals surface area contributed by atoms with E-state index in [1.807, 2.05) is 0 Å². The van der Waals surface area contributed by atoms with E-state index in [1.165, 1.54) is 36.4 Å². The number of benzene rings is 2. The molecule has 0 fully saturated rings. The molecular formula is C19H11Cl2N5O6. The van der Waals surface area contributed by atoms with Gasteiger partial charge in [-0.25, -0.2) is 0 Å². The number of nitrogens with one attached hydrogen (secondary N) is 2. The number of rotatable bonds is 6. The van der Waals surface area contributed by atoms with E-state index in [9.17, 15) is 29.8 Å². The first kappa shape index (κ1) is 22.6. The van der Waals surface area contributed by atoms with Crippen LogP contribution in [0, 0.1) is 20.2 Å². The number of anilines is 2. The Morgan fingerprint density at radius 2 is 1.28 bits per heavy atom. The molecule has 0 aliphatic heterocycles. The van der Waals surface area contributed by atoms with Crippen LogP contribution in [0.4, 0.5) is 22.7 Å². The topological polar surface area (TPSA) is 157 Å². The van der Waals surface area contributed by atoms with E-state index in [0.29, 0.717) is 0 Å². The number of nitro groups is 2. The van der Waals surface area contributed by atoms with Crippen molar-refractivity contribution in [2.75, 3.05) is 10.6 Å². The van der Waals surface area contributed by atoms with Gasteiger partial charge in [-0.1, -0.05) is 23.2 Å². The molecule has 2 N–H and O–H groups in total. The molecule has 0 spiro atoms. The molecule has 0 radical (unpaired) electrons. The summed E-state index contributed by atoms with van der Waals surface area (Å²) >= 11 is 11.9. The van der Waals surface area contributed by atoms with E-state index in [2.05, 4.69) is 15.6 Å². The van der Waals surface area contributed by atoms with Gasteiger partial charge in [-0.15, -0.1) is 0 Å². The molecule has 32 heavy (non-hydrogen) atoms. The van der Waals surface area contributed by atoms with Crippen LogP contribution in [-0.4, -0.2) is 26.6 Å². The van der Waals surface area contributed by atoms with Crippen molar-refractivity contribution in [1.29, 1.82) is 0 Å². The van der Waals surface area contributed by atoms with Crippen LogP contribution in [0.2, 0.25) is 10.0 Å². The van der Waals surface area contributed by atoms with Crippen molar-refractivity contribution in [3.05, 3.63) is 96.3 Å². The number of hydrogen-bond donors (Lipinski definition) is 2. The average molecular weight is 476 g/mol. The highest BCUT2D eigenvalue weighted by molar-refractivity contribution is 6.34. The molecule has 3 aromatic rings. The number of nitro benzene ring substituents is 2. The third kappa shape index (κ3) is 5.14. The van der Waals surface area contributed by atoms with Crippen LogP contribution in [0.3, 0.4) is 0 Å². The number of pyridine rings is 1. The van der Waals surface area contributed by atoms with Crippen LogP contribution in [0.15, 0.2) is 54.7 Å². The largest absolute Gasteiger partial charge is 0.321 e. The smallest absolute Gasteiger partial charge is 0.274 e. The summed E-state index contributed by atoms with van der Waals surface area (Å²) in [4.78, 5) is 48.9. The molecule has 3 rings (SSSR count). The standard InChI is InChI=1S/C19H11Cl2N5O6/c20-13-7-11(25(29)30)2-5-15(13)23-18(27)10-1-4-17(22-9-10)19(28)24-16-6-3-12(26(31)32)8-14(16)21/h1-9H,(H,23,27)(H,24,28). The molecule has 2 aromatic carbocycles. The molecule has 1 heterocycles. The third-order valence-electron chi connectivity index (χ3n) is 4.08. The van der Waals surface area contributed by atoms with Crippen molar-refractivity contribution in [2.24, 2.45) is 0 Å². The average Bonchev–Trinajstić information content (AvgIpc) is 2.76. The van der Waals surface area contributed by atoms with Gasteiger partial charge in [0.2, 0.25) is 0 Å². The Labute approximate surface area is 189 Å². The van der Waals surface area contributed by atoms with Gasteiger partial charge in [-0.3, -0.25) is 34.8 Å². The van der Waals surface area contributed by atoms with Gasteiger partial charge >= 0.3 is 0 Å². The van der Waals surface area contributed by atoms with Crippen LogP contribution < -0.4 is 10.6 Å². The maximum atomic E-state index is 12.4. The van der Waals surface area contributed by atoms with Crippen LogP contribution in [-0.2, 0) is 0 Å². The number of nitrogens with zero attached hydrogens (tertiary/aromatic N) is 3. The Morgan fingerprint density at radius 1 is 0.781 bits per heavy atom. The highest BCUT2D eigenvalue weighted by atomic mass is 35.5. The van der Waals surface area contributed by atoms with Gasteiger partial charge in [0, 0.05) is 30.5 Å². The SMILES string of the molecule is O=C(Nc1ccc([N+](=O)[O-])cc1Cl)c1ccc(C(=O)Nc2ccc([N+](=O)[O-])cc2Cl)nc1. The first-order valence-corrected chi connectivity index (χ1v) is 9.38. The van der Waals surface area contributed by atoms with Crippen molar-refractivity contribution >= 4 is 57.8 Å². The summed E-state index contributed by atoms with van der Waals surface area (Å²) in [6.07, 6.45) is 1.15. The highest BCUT2D eigenvalue weighted by Crippen LogP contribution is 2.28. The van der Waals surface area contributed by atoms with Crippen molar-refractivity contribution in [3.8, 4) is 0 Å². The van der Waals surface area contributed by atoms with Crippen LogP contribution >= 0.6 is 23.2 Å². The number of carbonyl (C=O) groups is 2. The van der Waals surface area contributed by atoms with E-state index in [4.69, 9.17) is 23.2 Å². The molecule has 162 valence electrons. The van der Waals surface area contributed by atoms with Gasteiger partial charge in [0.15, 0.2) is 0 Å². The van der Waals surface area contributed by atoms with Crippen molar-refractivity contribution in [3.63, 3.8) is 0 Å². The summed E-state index contributed by atoms with van der Waals surface area (Å²) in [6, 6.07) is 9.79. The number of non-ortho nitro benzene ring substituents is 2. The lowest BCUT2D eigenvalue weighted by Gasteiger charge is -2.08. The molecule has 0 saturated heterocycles. The van der Waals surface area contributed by atoms with Crippen LogP contribution in [0.5, 0.6) is 0 Å². The summed E-state index contributed by atoms with van der Waals surface area (Å²) in [5, 5.41) is 26.4. The fourth-order valence-corrected chi connectivity index (χ4v) is 2.93. The molecule has 0 aliphatic carbocycles. The third-order valence-corrected chi connectivity index (χ3v) is 4.71. The number of hydrogen-bond acceptors (Lipinski definition) is 7. The molecule has 1 aromatic heterocycles. The fraction of sp³-hybridized carbons (Fsp3) is 0. The molecule has 0 unspecified atom stereocenters. The second-order valence-electron chi connectivity index (χ2n) is 6.18. The molecule has 2 amide bonds. The van der Waals surface area contributed by atoms with E-state index >= 15 is 0 Å². The summed E-state index contributed by atoms with van der Waals surface area (Å²) in [5.41, 5.74) is -0.0722. The van der Waals surface area contributed by atoms with Gasteiger partial charge in [0.1, 0.15) is 5.69 Å². The first-order valence-electron chi connectivity index (χ1n) is 8.62. The Bertz CT molecular complexity index is 1150. The maximum absolute atomic E-state index is 12.4. The molecule has 0 bridgehead atoms. The maximum Gasteiger partial charge on any atom is 0.274 e. The van der Waals surface area contributed by atoms with E-state index in [-0.39, 0.29) is 44.1 Å². The van der Waals surface area contributed by atoms with Gasteiger partial charge < -0.3 is 10.6 Å². The minimum absolute atomic E-state index is 0.0171. The van der Waals surface area contributed by atoms with Gasteiger partial charge in [-0.2, -0.15) is 0 Å². The predicted octanol–water partition coefficient (Wildman–Crippen LogP) is 4.71. The molecule has 0 aliphatic rings. The minimum Gasteiger partial charge on any atom is -0.321 e. The second kappa shape index (κ2) is 9.37. The number of carbonyl (C=O) groups excluding carboxylic acids is 2. The zero-order valence-electron chi connectivity index (χ0n) is 15.7. The zero-order valence-corrected chi connectivity index (χ0v) is 17.3. The Kier molecular flexibility index (Phi) is 6.61. The van der Waals surface area contributed by atoms with E-state index < -0.39 is 21.7 Å². The Morgan fingerprint density at radius 3 is 1.69 bits per heavy atom. The van der Waals surface area contributed by atoms with Crippen LogP contribution in [0.25, 0.3) is 0 Å². The lowest BCUT2D eigenvalue weighted by molar-refractivity contribution is -0.385. The molecule has 13 heteroatoms. The zero-order chi connectivity index (χ0) is 23.4. The van der Waals surface area contributed by atoms with Crippen molar-refractivity contribution in [2.45, 2.75) is 0 Å². The van der Waals surface area contributed by atoms with Crippen molar-refractivity contribution < 1.29 is 19.4 Å². The number of halogens is 2. The lowest BCUT2D eigenvalue weighted by Crippen LogP contribution is -2.16. The van der Waals surface area contributed by atoms with E-state index in [1.54, 1.807) is 0 Å². The van der Waals surface area contributed by atoms with Gasteiger partial charge in [0.25, 0.3) is 23.2 Å². The molecule has 11 nitrogen and oxygen atoms in total. The minimum atomic E-state index is -0.647. The second-order valence-corrected chi connectivity index (χ2v) is 7.00. The normalized spacial score (nSPS) is 10.3. The van der Waals surface area contributed by atoms with Crippen molar-refractivity contribution in [1.82, 2.24) is 4.98 Å². The summed E-state index contributed by atoms with van der Waals surface area (Å²) in [6.45, 7) is 0. The van der Waals surface area contributed by atoms with Gasteiger partial charge in [-0.05, 0) is 24.3 Å².